The molecule has 5 rings (SSSR count). The average Bonchev–Trinajstić information content (AvgIpc) is 3.30. The lowest BCUT2D eigenvalue weighted by molar-refractivity contribution is -0.113. The van der Waals surface area contributed by atoms with Gasteiger partial charge in [0.15, 0.2) is 0 Å². The highest BCUT2D eigenvalue weighted by Crippen LogP contribution is 2.37. The predicted molar refractivity (Wildman–Crippen MR) is 146 cm³/mol. The Morgan fingerprint density at radius 2 is 1.81 bits per heavy atom. The summed E-state index contributed by atoms with van der Waals surface area (Å²) >= 11 is 5.07. The maximum Gasteiger partial charge on any atom is 0.255 e. The molecule has 0 saturated carbocycles. The Morgan fingerprint density at radius 3 is 2.50 bits per heavy atom. The molecular formula is C27H24BrN5O2S. The van der Waals surface area contributed by atoms with E-state index in [9.17, 15) is 4.79 Å². The number of nitrogens with one attached hydrogen (secondary N) is 2. The maximum absolute atomic E-state index is 13.6. The van der Waals surface area contributed by atoms with Gasteiger partial charge in [-0.05, 0) is 54.4 Å². The molecule has 2 heterocycles. The quantitative estimate of drug-likeness (QED) is 0.259. The fourth-order valence-electron chi connectivity index (χ4n) is 4.03. The van der Waals surface area contributed by atoms with Gasteiger partial charge in [0, 0.05) is 21.6 Å². The molecular weight excluding hydrogens is 538 g/mol. The van der Waals surface area contributed by atoms with Gasteiger partial charge >= 0.3 is 0 Å². The molecule has 2 N–H and O–H groups in total. The average molecular weight is 562 g/mol. The number of allylic oxidation sites excluding steroid dienone is 1. The summed E-state index contributed by atoms with van der Waals surface area (Å²) in [6.45, 7) is 1.89. The van der Waals surface area contributed by atoms with Crippen molar-refractivity contribution in [3.8, 4) is 5.75 Å². The number of hydrogen-bond donors (Lipinski definition) is 2. The fourth-order valence-corrected chi connectivity index (χ4v) is 5.08. The molecule has 7 nitrogen and oxygen atoms in total. The molecule has 4 aromatic rings. The number of halogens is 1. The van der Waals surface area contributed by atoms with Gasteiger partial charge in [-0.15, -0.1) is 5.10 Å². The van der Waals surface area contributed by atoms with E-state index in [0.29, 0.717) is 22.4 Å². The number of ether oxygens (including phenoxy) is 1. The molecule has 182 valence electrons. The van der Waals surface area contributed by atoms with Crippen LogP contribution < -0.4 is 15.4 Å². The van der Waals surface area contributed by atoms with E-state index in [1.54, 1.807) is 23.6 Å². The number of hydrogen-bond acceptors (Lipinski definition) is 6. The van der Waals surface area contributed by atoms with Crippen molar-refractivity contribution in [3.05, 3.63) is 106 Å². The largest absolute Gasteiger partial charge is 0.497 e. The van der Waals surface area contributed by atoms with Crippen molar-refractivity contribution >= 4 is 45.2 Å². The lowest BCUT2D eigenvalue weighted by Gasteiger charge is -2.28. The van der Waals surface area contributed by atoms with Gasteiger partial charge in [-0.2, -0.15) is 4.98 Å². The highest BCUT2D eigenvalue weighted by Gasteiger charge is 2.34. The van der Waals surface area contributed by atoms with E-state index in [1.165, 1.54) is 5.56 Å². The van der Waals surface area contributed by atoms with Gasteiger partial charge in [-0.3, -0.25) is 4.79 Å². The van der Waals surface area contributed by atoms with Crippen molar-refractivity contribution in [2.75, 3.05) is 17.7 Å². The van der Waals surface area contributed by atoms with Crippen LogP contribution in [-0.4, -0.2) is 27.8 Å². The van der Waals surface area contributed by atoms with Crippen molar-refractivity contribution in [2.45, 2.75) is 23.9 Å². The zero-order valence-electron chi connectivity index (χ0n) is 19.7. The van der Waals surface area contributed by atoms with Crippen molar-refractivity contribution in [3.63, 3.8) is 0 Å². The zero-order chi connectivity index (χ0) is 25.1. The Bertz CT molecular complexity index is 1400. The summed E-state index contributed by atoms with van der Waals surface area (Å²) in [6, 6.07) is 25.0. The van der Waals surface area contributed by atoms with Crippen molar-refractivity contribution in [1.82, 2.24) is 14.8 Å². The first-order valence-corrected chi connectivity index (χ1v) is 13.1. The van der Waals surface area contributed by atoms with Crippen LogP contribution in [0.3, 0.4) is 0 Å². The Balaban J connectivity index is 1.47. The van der Waals surface area contributed by atoms with Crippen LogP contribution in [0.5, 0.6) is 5.75 Å². The number of carbonyl (C=O) groups is 1. The minimum absolute atomic E-state index is 0.210. The molecule has 0 radical (unpaired) electrons. The topological polar surface area (TPSA) is 81.1 Å². The van der Waals surface area contributed by atoms with Gasteiger partial charge in [0.25, 0.3) is 5.91 Å². The number of methoxy groups -OCH3 is 1. The summed E-state index contributed by atoms with van der Waals surface area (Å²) in [7, 11) is 1.61. The van der Waals surface area contributed by atoms with E-state index in [0.717, 1.165) is 27.2 Å². The lowest BCUT2D eigenvalue weighted by atomic mass is 9.95. The van der Waals surface area contributed by atoms with E-state index in [2.05, 4.69) is 38.7 Å². The van der Waals surface area contributed by atoms with Crippen LogP contribution in [0.25, 0.3) is 0 Å². The van der Waals surface area contributed by atoms with E-state index >= 15 is 0 Å². The molecule has 0 spiro atoms. The smallest absolute Gasteiger partial charge is 0.255 e. The van der Waals surface area contributed by atoms with E-state index in [1.807, 2.05) is 73.7 Å². The maximum atomic E-state index is 13.6. The van der Waals surface area contributed by atoms with Crippen molar-refractivity contribution in [2.24, 2.45) is 0 Å². The number of amides is 1. The number of benzene rings is 3. The van der Waals surface area contributed by atoms with E-state index in [4.69, 9.17) is 14.8 Å². The van der Waals surface area contributed by atoms with Crippen LogP contribution in [0.2, 0.25) is 0 Å². The first-order valence-electron chi connectivity index (χ1n) is 11.3. The molecule has 36 heavy (non-hydrogen) atoms. The molecule has 1 atom stereocenters. The number of fused-ring (bicyclic) bond motifs is 1. The molecule has 0 saturated heterocycles. The Morgan fingerprint density at radius 1 is 1.08 bits per heavy atom. The number of nitrogens with zero attached hydrogens (tertiary/aromatic N) is 3. The molecule has 9 heteroatoms. The molecule has 1 aliphatic heterocycles. The van der Waals surface area contributed by atoms with Gasteiger partial charge < -0.3 is 15.4 Å². The van der Waals surface area contributed by atoms with Crippen LogP contribution in [0.4, 0.5) is 11.6 Å². The van der Waals surface area contributed by atoms with Gasteiger partial charge in [0.1, 0.15) is 11.8 Å². The number of thioether (sulfide) groups is 1. The minimum Gasteiger partial charge on any atom is -0.497 e. The third-order valence-electron chi connectivity index (χ3n) is 5.82. The molecule has 0 bridgehead atoms. The summed E-state index contributed by atoms with van der Waals surface area (Å²) < 4.78 is 7.98. The fraction of sp³-hybridized carbons (Fsp3) is 0.148. The van der Waals surface area contributed by atoms with Crippen LogP contribution >= 0.6 is 27.7 Å². The van der Waals surface area contributed by atoms with Gasteiger partial charge in [-0.25, -0.2) is 4.68 Å². The predicted octanol–water partition coefficient (Wildman–Crippen LogP) is 6.27. The Kier molecular flexibility index (Phi) is 7.11. The molecule has 0 fully saturated rings. The number of anilines is 2. The third-order valence-corrected chi connectivity index (χ3v) is 7.26. The molecule has 3 aromatic carbocycles. The zero-order valence-corrected chi connectivity index (χ0v) is 22.1. The first kappa shape index (κ1) is 24.1. The van der Waals surface area contributed by atoms with Crippen LogP contribution in [-0.2, 0) is 10.5 Å². The van der Waals surface area contributed by atoms with Crippen LogP contribution in [0, 0.1) is 0 Å². The molecule has 1 amide bonds. The second-order valence-electron chi connectivity index (χ2n) is 8.24. The highest BCUT2D eigenvalue weighted by atomic mass is 79.9. The van der Waals surface area contributed by atoms with Gasteiger partial charge in [0.05, 0.1) is 12.7 Å². The van der Waals surface area contributed by atoms with Crippen LogP contribution in [0.1, 0.15) is 24.1 Å². The Hall–Kier alpha value is -3.56. The second-order valence-corrected chi connectivity index (χ2v) is 10.1. The number of carbonyl (C=O) groups excluding carboxylic acids is 1. The third kappa shape index (κ3) is 5.17. The van der Waals surface area contributed by atoms with Gasteiger partial charge in [0.2, 0.25) is 11.1 Å². The van der Waals surface area contributed by atoms with Gasteiger partial charge in [-0.1, -0.05) is 70.2 Å². The highest BCUT2D eigenvalue weighted by molar-refractivity contribution is 9.10. The second kappa shape index (κ2) is 10.6. The van der Waals surface area contributed by atoms with Crippen molar-refractivity contribution in [1.29, 1.82) is 0 Å². The number of rotatable bonds is 7. The molecule has 1 aliphatic rings. The summed E-state index contributed by atoms with van der Waals surface area (Å²) in [5.74, 6) is 1.88. The molecule has 0 aliphatic carbocycles. The SMILES string of the molecule is COc1ccc(NC(=O)C2=C(C)Nc3nc(SCc4ccccc4)nn3[C@H]2c2ccc(Br)cc2)cc1. The number of aromatic nitrogens is 3. The Labute approximate surface area is 222 Å². The van der Waals surface area contributed by atoms with Crippen LogP contribution in [0.15, 0.2) is 99.8 Å². The lowest BCUT2D eigenvalue weighted by Crippen LogP contribution is -2.31. The summed E-state index contributed by atoms with van der Waals surface area (Å²) in [4.78, 5) is 18.3. The molecule has 0 unspecified atom stereocenters. The summed E-state index contributed by atoms with van der Waals surface area (Å²) in [6.07, 6.45) is 0. The normalized spacial score (nSPS) is 14.7. The summed E-state index contributed by atoms with van der Waals surface area (Å²) in [5.41, 5.74) is 4.11. The monoisotopic (exact) mass is 561 g/mol. The van der Waals surface area contributed by atoms with Crippen molar-refractivity contribution < 1.29 is 9.53 Å². The van der Waals surface area contributed by atoms with E-state index < -0.39 is 6.04 Å². The summed E-state index contributed by atoms with van der Waals surface area (Å²) in [5, 5.41) is 11.8. The minimum atomic E-state index is -0.439. The standard InChI is InChI=1S/C27H24BrN5O2S/c1-17-23(25(34)30-21-12-14-22(35-2)15-13-21)24(19-8-10-20(28)11-9-19)33-26(29-17)31-27(32-33)36-16-18-6-4-3-5-7-18/h3-15,24H,16H2,1-2H3,(H,30,34)(H,29,31,32)/t24-/m0/s1. The van der Waals surface area contributed by atoms with E-state index in [-0.39, 0.29) is 5.91 Å². The first-order chi connectivity index (χ1) is 17.5. The molecule has 1 aromatic heterocycles.